The third-order valence-electron chi connectivity index (χ3n) is 2.24. The molecule has 0 saturated carbocycles. The quantitative estimate of drug-likeness (QED) is 0.570. The number of rotatable bonds is 2. The Hall–Kier alpha value is -1.82. The summed E-state index contributed by atoms with van der Waals surface area (Å²) < 4.78 is 9.93. The summed E-state index contributed by atoms with van der Waals surface area (Å²) in [4.78, 5) is 0. The Labute approximate surface area is 91.3 Å². The Morgan fingerprint density at radius 1 is 1.19 bits per heavy atom. The molecular weight excluding hydrogens is 216 g/mol. The van der Waals surface area contributed by atoms with Crippen molar-refractivity contribution in [2.75, 3.05) is 0 Å². The monoisotopic (exact) mass is 227 g/mol. The van der Waals surface area contributed by atoms with E-state index in [1.165, 1.54) is 0 Å². The maximum atomic E-state index is 9.43. The molecule has 2 rings (SSSR count). The Kier molecular flexibility index (Phi) is 2.66. The van der Waals surface area contributed by atoms with Crippen molar-refractivity contribution in [3.63, 3.8) is 0 Å². The van der Waals surface area contributed by atoms with Gasteiger partial charge in [-0.15, -0.1) is 0 Å². The van der Waals surface area contributed by atoms with E-state index in [1.807, 2.05) is 6.42 Å². The zero-order valence-corrected chi connectivity index (χ0v) is 8.20. The number of allylic oxidation sites excluding steroid dienone is 1. The Morgan fingerprint density at radius 3 is 2.56 bits per heavy atom. The molecule has 2 atom stereocenters. The number of aliphatic hydroxyl groups excluding tert-OH is 4. The number of aliphatic hydroxyl groups is 4. The van der Waals surface area contributed by atoms with E-state index in [0.717, 1.165) is 0 Å². The average Bonchev–Trinajstić information content (AvgIpc) is 2.76. The molecule has 16 heavy (non-hydrogen) atoms. The zero-order chi connectivity index (χ0) is 11.7. The van der Waals surface area contributed by atoms with Crippen LogP contribution >= 0.6 is 0 Å². The second kappa shape index (κ2) is 3.97. The van der Waals surface area contributed by atoms with Gasteiger partial charge < -0.3 is 29.9 Å². The summed E-state index contributed by atoms with van der Waals surface area (Å²) in [6.45, 7) is 0. The molecule has 1 aliphatic carbocycles. The molecule has 0 aromatic rings. The van der Waals surface area contributed by atoms with Crippen LogP contribution in [0.3, 0.4) is 0 Å². The fourth-order valence-electron chi connectivity index (χ4n) is 1.39. The maximum Gasteiger partial charge on any atom is 0.327 e. The summed E-state index contributed by atoms with van der Waals surface area (Å²) in [5, 5.41) is 36.8. The number of hydrogen-bond donors (Lipinski definition) is 4. The van der Waals surface area contributed by atoms with Gasteiger partial charge in [0, 0.05) is 0 Å². The lowest BCUT2D eigenvalue weighted by Crippen LogP contribution is -2.29. The Balaban J connectivity index is 2.10. The lowest BCUT2D eigenvalue weighted by atomic mass is 10.3. The van der Waals surface area contributed by atoms with Crippen LogP contribution < -0.4 is 0 Å². The summed E-state index contributed by atoms with van der Waals surface area (Å²) in [5.41, 5.74) is 0. The average molecular weight is 227 g/mol. The molecule has 2 unspecified atom stereocenters. The first-order valence-corrected chi connectivity index (χ1v) is 4.66. The van der Waals surface area contributed by atoms with Crippen molar-refractivity contribution in [2.45, 2.75) is 18.8 Å². The second-order valence-corrected chi connectivity index (χ2v) is 3.37. The molecule has 0 spiro atoms. The van der Waals surface area contributed by atoms with E-state index in [2.05, 4.69) is 0 Å². The summed E-state index contributed by atoms with van der Waals surface area (Å²) in [6.07, 6.45) is 4.39. The zero-order valence-electron chi connectivity index (χ0n) is 8.20. The van der Waals surface area contributed by atoms with E-state index < -0.39 is 29.5 Å². The molecule has 0 bridgehead atoms. The van der Waals surface area contributed by atoms with Crippen LogP contribution in [-0.2, 0) is 9.47 Å². The predicted octanol–water partition coefficient (Wildman–Crippen LogP) is 1.50. The molecule has 0 aromatic heterocycles. The van der Waals surface area contributed by atoms with Gasteiger partial charge >= 0.3 is 5.95 Å². The van der Waals surface area contributed by atoms with Crippen molar-refractivity contribution < 1.29 is 29.9 Å². The van der Waals surface area contributed by atoms with Crippen LogP contribution in [0.4, 0.5) is 0 Å². The topological polar surface area (TPSA) is 99.4 Å². The molecule has 1 radical (unpaired) electrons. The first kappa shape index (κ1) is 10.7. The van der Waals surface area contributed by atoms with E-state index in [4.69, 9.17) is 19.7 Å². The van der Waals surface area contributed by atoms with Gasteiger partial charge in [-0.05, 0) is 12.8 Å². The van der Waals surface area contributed by atoms with Gasteiger partial charge in [-0.25, -0.2) is 0 Å². The van der Waals surface area contributed by atoms with E-state index in [1.54, 1.807) is 12.2 Å². The predicted molar refractivity (Wildman–Crippen MR) is 52.4 cm³/mol. The van der Waals surface area contributed by atoms with Gasteiger partial charge in [0.2, 0.25) is 17.3 Å². The van der Waals surface area contributed by atoms with Gasteiger partial charge in [0.25, 0.3) is 6.29 Å². The van der Waals surface area contributed by atoms with Crippen molar-refractivity contribution in [2.24, 2.45) is 0 Å². The number of ether oxygens (including phenoxy) is 2. The summed E-state index contributed by atoms with van der Waals surface area (Å²) in [5.74, 6) is -3.31. The largest absolute Gasteiger partial charge is 0.503 e. The van der Waals surface area contributed by atoms with Crippen molar-refractivity contribution in [1.82, 2.24) is 0 Å². The highest BCUT2D eigenvalue weighted by atomic mass is 16.7. The highest BCUT2D eigenvalue weighted by Gasteiger charge is 2.33. The second-order valence-electron chi connectivity index (χ2n) is 3.37. The molecule has 2 aliphatic rings. The summed E-state index contributed by atoms with van der Waals surface area (Å²) in [6, 6.07) is 0. The first-order chi connectivity index (χ1) is 7.59. The lowest BCUT2D eigenvalue weighted by Gasteiger charge is -2.24. The van der Waals surface area contributed by atoms with Gasteiger partial charge in [0.05, 0.1) is 6.10 Å². The molecule has 0 amide bonds. The van der Waals surface area contributed by atoms with Gasteiger partial charge in [-0.3, -0.25) is 0 Å². The van der Waals surface area contributed by atoms with Crippen LogP contribution in [-0.4, -0.2) is 32.8 Å². The number of hydrogen-bond acceptors (Lipinski definition) is 6. The molecule has 87 valence electrons. The minimum absolute atomic E-state index is 0.298. The molecule has 6 heteroatoms. The first-order valence-electron chi connectivity index (χ1n) is 4.66. The third-order valence-corrected chi connectivity index (χ3v) is 2.24. The van der Waals surface area contributed by atoms with Crippen molar-refractivity contribution in [3.8, 4) is 0 Å². The lowest BCUT2D eigenvalue weighted by molar-refractivity contribution is -0.162. The molecule has 1 heterocycles. The fraction of sp³-hybridized carbons (Fsp3) is 0.300. The van der Waals surface area contributed by atoms with E-state index in [9.17, 15) is 10.2 Å². The minimum Gasteiger partial charge on any atom is -0.503 e. The Morgan fingerprint density at radius 2 is 1.94 bits per heavy atom. The molecule has 0 saturated heterocycles. The van der Waals surface area contributed by atoms with Gasteiger partial charge in [0.15, 0.2) is 0 Å². The van der Waals surface area contributed by atoms with E-state index >= 15 is 0 Å². The maximum absolute atomic E-state index is 9.43. The molecule has 0 fully saturated rings. The SMILES string of the molecule is OC1=C(O)C(O)=C(O)C(OC2C=C[CH]C2)O1. The summed E-state index contributed by atoms with van der Waals surface area (Å²) >= 11 is 0. The smallest absolute Gasteiger partial charge is 0.327 e. The summed E-state index contributed by atoms with van der Waals surface area (Å²) in [7, 11) is 0. The highest BCUT2D eigenvalue weighted by Crippen LogP contribution is 2.27. The molecule has 4 N–H and O–H groups in total. The van der Waals surface area contributed by atoms with Crippen LogP contribution in [0.5, 0.6) is 0 Å². The third kappa shape index (κ3) is 1.79. The van der Waals surface area contributed by atoms with Crippen molar-refractivity contribution in [1.29, 1.82) is 0 Å². The van der Waals surface area contributed by atoms with Crippen LogP contribution in [0.25, 0.3) is 0 Å². The van der Waals surface area contributed by atoms with E-state index in [-0.39, 0.29) is 6.10 Å². The van der Waals surface area contributed by atoms with Crippen LogP contribution in [0, 0.1) is 6.42 Å². The van der Waals surface area contributed by atoms with Crippen molar-refractivity contribution in [3.05, 3.63) is 41.8 Å². The van der Waals surface area contributed by atoms with E-state index in [0.29, 0.717) is 6.42 Å². The van der Waals surface area contributed by atoms with Crippen molar-refractivity contribution >= 4 is 0 Å². The van der Waals surface area contributed by atoms with Crippen LogP contribution in [0.1, 0.15) is 6.42 Å². The molecule has 1 aliphatic heterocycles. The standard InChI is InChI=1S/C10H11O6/c11-6-7(12)9(14)16-10(8(6)13)15-5-3-1-2-4-5/h1-3,5,10-14H,4H2. The Bertz CT molecular complexity index is 381. The van der Waals surface area contributed by atoms with Gasteiger partial charge in [0.1, 0.15) is 0 Å². The minimum atomic E-state index is -1.32. The van der Waals surface area contributed by atoms with Crippen LogP contribution in [0.15, 0.2) is 35.4 Å². The molecule has 0 aromatic carbocycles. The normalized spacial score (nSPS) is 29.8. The highest BCUT2D eigenvalue weighted by molar-refractivity contribution is 5.25. The fourth-order valence-corrected chi connectivity index (χ4v) is 1.39. The van der Waals surface area contributed by atoms with Gasteiger partial charge in [-0.1, -0.05) is 12.2 Å². The molecule has 6 nitrogen and oxygen atoms in total. The van der Waals surface area contributed by atoms with Crippen LogP contribution in [0.2, 0.25) is 0 Å². The molecular formula is C10H11O6. The van der Waals surface area contributed by atoms with Gasteiger partial charge in [-0.2, -0.15) is 0 Å².